The molecule has 0 saturated carbocycles. The van der Waals surface area contributed by atoms with Crippen molar-refractivity contribution in [3.63, 3.8) is 0 Å². The molecule has 1 aromatic carbocycles. The summed E-state index contributed by atoms with van der Waals surface area (Å²) in [6.45, 7) is 7.83. The smallest absolute Gasteiger partial charge is 0.268 e. The molecule has 0 radical (unpaired) electrons. The number of rotatable bonds is 5. The van der Waals surface area contributed by atoms with Crippen LogP contribution in [0.25, 0.3) is 0 Å². The predicted octanol–water partition coefficient (Wildman–Crippen LogP) is 3.79. The number of amides is 1. The number of fused-ring (bicyclic) bond motifs is 1. The number of thioether (sulfide) groups is 1. The summed E-state index contributed by atoms with van der Waals surface area (Å²) in [7, 11) is -1.46. The first kappa shape index (κ1) is 21.0. The minimum absolute atomic E-state index is 0.166. The van der Waals surface area contributed by atoms with Gasteiger partial charge in [0.05, 0.1) is 10.8 Å². The van der Waals surface area contributed by atoms with Gasteiger partial charge < -0.3 is 14.5 Å². The molecule has 1 amide bonds. The van der Waals surface area contributed by atoms with E-state index in [9.17, 15) is 9.00 Å². The standard InChI is InChI=1S/C21H23N3O3S3/c1-4-22-13-14(30(26)20(22)18-19(25)24(6-3)21(28)29-18)11-12-17-23(5-2)15-9-7-8-10-16(15)27-17/h7-13,27H,4-6H2,1-3H3. The number of aromatic hydroxyl groups is 1. The van der Waals surface area contributed by atoms with E-state index in [2.05, 4.69) is 11.8 Å². The Bertz CT molecular complexity index is 1020. The molecule has 1 atom stereocenters. The lowest BCUT2D eigenvalue weighted by molar-refractivity contribution is -0.122. The molecular weight excluding hydrogens is 438 g/mol. The topological polar surface area (TPSA) is 56.7 Å². The summed E-state index contributed by atoms with van der Waals surface area (Å²) in [5, 5.41) is 0.523. The fraction of sp³-hybridized carbons (Fsp3) is 0.286. The highest BCUT2D eigenvalue weighted by Crippen LogP contribution is 2.42. The third kappa shape index (κ3) is 3.44. The zero-order chi connectivity index (χ0) is 21.4. The van der Waals surface area contributed by atoms with Crippen LogP contribution < -0.4 is 4.90 Å². The van der Waals surface area contributed by atoms with E-state index in [0.717, 1.165) is 24.2 Å². The Hall–Kier alpha value is -2.23. The Morgan fingerprint density at radius 1 is 1.20 bits per heavy atom. The quantitative estimate of drug-likeness (QED) is 0.288. The van der Waals surface area contributed by atoms with Crippen molar-refractivity contribution in [1.82, 2.24) is 9.80 Å². The zero-order valence-corrected chi connectivity index (χ0v) is 19.4. The lowest BCUT2D eigenvalue weighted by atomic mass is 10.3. The van der Waals surface area contributed by atoms with Gasteiger partial charge in [0.15, 0.2) is 6.23 Å². The average Bonchev–Trinajstić information content (AvgIpc) is 3.36. The van der Waals surface area contributed by atoms with Gasteiger partial charge in [-0.1, -0.05) is 36.1 Å². The summed E-state index contributed by atoms with van der Waals surface area (Å²) in [6, 6.07) is 7.99. The van der Waals surface area contributed by atoms with E-state index in [-0.39, 0.29) is 5.91 Å². The van der Waals surface area contributed by atoms with E-state index in [0.29, 0.717) is 32.2 Å². The first-order chi connectivity index (χ1) is 14.5. The van der Waals surface area contributed by atoms with Crippen molar-refractivity contribution in [2.24, 2.45) is 0 Å². The monoisotopic (exact) mass is 461 g/mol. The highest BCUT2D eigenvalue weighted by molar-refractivity contribution is 8.27. The molecular formula is C21H23N3O3S3. The molecule has 0 aliphatic carbocycles. The van der Waals surface area contributed by atoms with Crippen molar-refractivity contribution in [1.29, 1.82) is 0 Å². The molecule has 0 bridgehead atoms. The lowest BCUT2D eigenvalue weighted by Crippen LogP contribution is -2.28. The SMILES string of the molecule is CCN1C=C(C=C[C-]2[OH+]c3ccccc3N2CC)S(=O)C1=C1SC(=S)N(CC)C1=O. The number of allylic oxidation sites excluding steroid dienone is 1. The highest BCUT2D eigenvalue weighted by atomic mass is 32.2. The van der Waals surface area contributed by atoms with E-state index in [1.807, 2.05) is 61.4 Å². The average molecular weight is 462 g/mol. The number of carbonyl (C=O) groups excluding carboxylic acids is 1. The van der Waals surface area contributed by atoms with Crippen molar-refractivity contribution in [2.45, 2.75) is 20.8 Å². The number of benzene rings is 1. The van der Waals surface area contributed by atoms with Crippen LogP contribution in [0.3, 0.4) is 0 Å². The summed E-state index contributed by atoms with van der Waals surface area (Å²) in [5.74, 6) is 0.764. The molecule has 1 unspecified atom stereocenters. The Balaban J connectivity index is 1.60. The normalized spacial score (nSPS) is 23.7. The Morgan fingerprint density at radius 3 is 2.63 bits per heavy atom. The fourth-order valence-corrected chi connectivity index (χ4v) is 6.54. The summed E-state index contributed by atoms with van der Waals surface area (Å²) in [6.07, 6.45) is 6.38. The zero-order valence-electron chi connectivity index (χ0n) is 17.0. The molecule has 1 N–H and O–H groups in total. The van der Waals surface area contributed by atoms with Crippen LogP contribution in [-0.2, 0) is 15.6 Å². The summed E-state index contributed by atoms with van der Waals surface area (Å²) >= 11 is 6.55. The van der Waals surface area contributed by atoms with Gasteiger partial charge in [0.25, 0.3) is 11.7 Å². The van der Waals surface area contributed by atoms with Crippen LogP contribution in [-0.4, -0.2) is 48.6 Å². The fourth-order valence-electron chi connectivity index (χ4n) is 3.54. The first-order valence-electron chi connectivity index (χ1n) is 9.81. The maximum Gasteiger partial charge on any atom is 0.268 e. The summed E-state index contributed by atoms with van der Waals surface area (Å²) in [5.41, 5.74) is 1.07. The van der Waals surface area contributed by atoms with E-state index in [1.54, 1.807) is 4.90 Å². The van der Waals surface area contributed by atoms with Gasteiger partial charge in [-0.25, -0.2) is 4.21 Å². The van der Waals surface area contributed by atoms with Crippen molar-refractivity contribution >= 4 is 50.7 Å². The van der Waals surface area contributed by atoms with Gasteiger partial charge in [0, 0.05) is 31.9 Å². The molecule has 3 aliphatic heterocycles. The van der Waals surface area contributed by atoms with Crippen LogP contribution in [0.4, 0.5) is 5.69 Å². The van der Waals surface area contributed by atoms with Gasteiger partial charge >= 0.3 is 0 Å². The number of aliphatic hydroxyl groups is 1. The molecule has 3 heterocycles. The molecule has 9 heteroatoms. The maximum absolute atomic E-state index is 13.3. The molecule has 6 nitrogen and oxygen atoms in total. The second-order valence-corrected chi connectivity index (χ2v) is 9.71. The van der Waals surface area contributed by atoms with E-state index >= 15 is 0 Å². The van der Waals surface area contributed by atoms with Crippen molar-refractivity contribution in [3.8, 4) is 5.75 Å². The number of thiocarbonyl (C=S) groups is 1. The third-order valence-corrected chi connectivity index (χ3v) is 8.06. The number of hydrogen-bond acceptors (Lipinski definition) is 6. The van der Waals surface area contributed by atoms with E-state index < -0.39 is 10.8 Å². The van der Waals surface area contributed by atoms with Crippen LogP contribution in [0.15, 0.2) is 57.5 Å². The van der Waals surface area contributed by atoms with Gasteiger partial charge in [-0.15, -0.1) is 6.08 Å². The van der Waals surface area contributed by atoms with Gasteiger partial charge in [-0.2, -0.15) is 6.08 Å². The summed E-state index contributed by atoms with van der Waals surface area (Å²) in [4.78, 5) is 19.4. The molecule has 1 aromatic rings. The number of ether oxygens (including phenoxy) is 1. The number of nitrogens with zero attached hydrogens (tertiary/aromatic N) is 3. The van der Waals surface area contributed by atoms with Gasteiger partial charge in [0.2, 0.25) is 0 Å². The van der Waals surface area contributed by atoms with Gasteiger partial charge in [-0.3, -0.25) is 9.69 Å². The number of hydrogen-bond donors (Lipinski definition) is 0. The number of anilines is 1. The highest BCUT2D eigenvalue weighted by Gasteiger charge is 2.38. The minimum Gasteiger partial charge on any atom is -0.609 e. The van der Waals surface area contributed by atoms with E-state index in [4.69, 9.17) is 17.0 Å². The second kappa shape index (κ2) is 8.49. The van der Waals surface area contributed by atoms with Crippen LogP contribution in [0, 0.1) is 6.23 Å². The number of para-hydroxylation sites is 2. The van der Waals surface area contributed by atoms with Crippen molar-refractivity contribution < 1.29 is 13.7 Å². The van der Waals surface area contributed by atoms with Crippen LogP contribution in [0.1, 0.15) is 20.8 Å². The molecule has 1 saturated heterocycles. The molecule has 0 aromatic heterocycles. The van der Waals surface area contributed by atoms with Crippen LogP contribution >= 0.6 is 24.0 Å². The number of carbonyl (C=O) groups is 1. The first-order valence-corrected chi connectivity index (χ1v) is 12.2. The third-order valence-electron chi connectivity index (χ3n) is 5.03. The van der Waals surface area contributed by atoms with Crippen molar-refractivity contribution in [2.75, 3.05) is 24.5 Å². The van der Waals surface area contributed by atoms with E-state index in [1.165, 1.54) is 11.8 Å². The Labute approximate surface area is 188 Å². The molecule has 158 valence electrons. The Kier molecular flexibility index (Phi) is 5.95. The molecule has 1 fully saturated rings. The van der Waals surface area contributed by atoms with Crippen molar-refractivity contribution in [3.05, 3.63) is 63.7 Å². The number of likely N-dealkylation sites (N-methyl/N-ethyl adjacent to an activating group) is 2. The minimum atomic E-state index is -1.46. The Morgan fingerprint density at radius 2 is 1.97 bits per heavy atom. The summed E-state index contributed by atoms with van der Waals surface area (Å²) < 4.78 is 18.5. The molecule has 4 rings (SSSR count). The lowest BCUT2D eigenvalue weighted by Gasteiger charge is -2.23. The molecule has 30 heavy (non-hydrogen) atoms. The van der Waals surface area contributed by atoms with Gasteiger partial charge in [-0.05, 0) is 31.7 Å². The predicted molar refractivity (Wildman–Crippen MR) is 127 cm³/mol. The molecule has 3 aliphatic rings. The van der Waals surface area contributed by atoms with Gasteiger partial charge in [0.1, 0.15) is 19.9 Å². The van der Waals surface area contributed by atoms with Crippen LogP contribution in [0.5, 0.6) is 5.75 Å². The second-order valence-electron chi connectivity index (χ2n) is 6.67. The maximum atomic E-state index is 13.3. The van der Waals surface area contributed by atoms with Crippen LogP contribution in [0.2, 0.25) is 0 Å². The largest absolute Gasteiger partial charge is 0.609 e. The molecule has 0 spiro atoms.